The maximum Gasteiger partial charge on any atom is 0.338 e. The fourth-order valence-electron chi connectivity index (χ4n) is 4.09. The van der Waals surface area contributed by atoms with E-state index in [0.717, 1.165) is 51.6 Å². The number of halogens is 1. The van der Waals surface area contributed by atoms with Crippen LogP contribution in [-0.4, -0.2) is 94.6 Å². The Kier molecular flexibility index (Phi) is 16.3. The molecule has 0 radical (unpaired) electrons. The molecule has 41 heavy (non-hydrogen) atoms. The zero-order chi connectivity index (χ0) is 30.2. The van der Waals surface area contributed by atoms with Crippen LogP contribution in [0.4, 0.5) is 0 Å². The molecule has 2 aliphatic heterocycles. The fraction of sp³-hybridized carbons (Fsp3) is 0.586. The van der Waals surface area contributed by atoms with Crippen molar-refractivity contribution in [2.45, 2.75) is 46.0 Å². The monoisotopic (exact) mass is 629 g/mol. The normalized spacial score (nSPS) is 15.0. The number of nitrogens with zero attached hydrogens (tertiary/aromatic N) is 1. The third kappa shape index (κ3) is 11.2. The van der Waals surface area contributed by atoms with E-state index in [9.17, 15) is 19.2 Å². The molecule has 0 atom stereocenters. The summed E-state index contributed by atoms with van der Waals surface area (Å²) >= 11 is 8.07. The van der Waals surface area contributed by atoms with Gasteiger partial charge in [-0.3, -0.25) is 14.5 Å². The molecular weight excluding hydrogens is 590 g/mol. The molecule has 2 aliphatic rings. The number of morpholine rings is 1. The Bertz CT molecular complexity index is 1120. The third-order valence-corrected chi connectivity index (χ3v) is 8.99. The van der Waals surface area contributed by atoms with Crippen molar-refractivity contribution in [1.82, 2.24) is 4.90 Å². The zero-order valence-electron chi connectivity index (χ0n) is 24.3. The Balaban J connectivity index is 0.000000245. The lowest BCUT2D eigenvalue weighted by atomic mass is 10.1. The molecule has 9 nitrogen and oxygen atoms in total. The summed E-state index contributed by atoms with van der Waals surface area (Å²) < 4.78 is 19.6. The quantitative estimate of drug-likeness (QED) is 0.199. The van der Waals surface area contributed by atoms with Gasteiger partial charge < -0.3 is 18.9 Å². The van der Waals surface area contributed by atoms with E-state index >= 15 is 0 Å². The Hall–Kier alpha value is -2.15. The fourth-order valence-corrected chi connectivity index (χ4v) is 6.32. The van der Waals surface area contributed by atoms with Crippen LogP contribution in [0, 0.1) is 13.8 Å². The molecule has 0 aliphatic carbocycles. The standard InChI is InChI=1S/C14H19NO4S.C10H11ClO3S.C5H10O/c1-10-11(14(17)18-2)9-20-13(10)12(16)3-4-15-5-7-19-8-6-15;1-6-7(10(13)14-2)5-15-9(6)8(12)3-4-11;1-2-4-6-5-3-1/h9H,3-8H2,1-2H3;5H,3-4H2,1-2H3;1-5H2. The average Bonchev–Trinajstić information content (AvgIpc) is 3.59. The molecule has 0 saturated carbocycles. The lowest BCUT2D eigenvalue weighted by molar-refractivity contribution is 0.0370. The third-order valence-electron chi connectivity index (χ3n) is 6.55. The summed E-state index contributed by atoms with van der Waals surface area (Å²) in [6.45, 7) is 9.51. The number of carbonyl (C=O) groups is 4. The summed E-state index contributed by atoms with van der Waals surface area (Å²) in [6.07, 6.45) is 4.70. The first-order chi connectivity index (χ1) is 19.7. The number of rotatable bonds is 9. The predicted molar refractivity (Wildman–Crippen MR) is 161 cm³/mol. The number of alkyl halides is 1. The van der Waals surface area contributed by atoms with Crippen LogP contribution in [0.25, 0.3) is 0 Å². The number of methoxy groups -OCH3 is 2. The van der Waals surface area contributed by atoms with Crippen LogP contribution < -0.4 is 0 Å². The number of Topliss-reactive ketones (excluding diaryl/α,β-unsaturated/α-hetero) is 2. The van der Waals surface area contributed by atoms with Gasteiger partial charge in [-0.25, -0.2) is 9.59 Å². The maximum atomic E-state index is 12.2. The van der Waals surface area contributed by atoms with Crippen molar-refractivity contribution >= 4 is 57.8 Å². The number of ketones is 2. The van der Waals surface area contributed by atoms with E-state index in [1.165, 1.54) is 56.2 Å². The van der Waals surface area contributed by atoms with E-state index in [-0.39, 0.29) is 17.5 Å². The highest BCUT2D eigenvalue weighted by atomic mass is 35.5. The minimum Gasteiger partial charge on any atom is -0.465 e. The zero-order valence-corrected chi connectivity index (χ0v) is 26.6. The number of hydrogen-bond acceptors (Lipinski definition) is 11. The predicted octanol–water partition coefficient (Wildman–Crippen LogP) is 5.59. The van der Waals surface area contributed by atoms with Crippen LogP contribution in [0.1, 0.15) is 83.3 Å². The number of hydrogen-bond donors (Lipinski definition) is 0. The Morgan fingerprint density at radius 3 is 1.63 bits per heavy atom. The SMILES string of the molecule is C1CCOCC1.COC(=O)c1csc(C(=O)CCCl)c1C.COC(=O)c1csc(C(=O)CCN2CCOCC2)c1C. The Morgan fingerprint density at radius 1 is 0.780 bits per heavy atom. The smallest absolute Gasteiger partial charge is 0.338 e. The van der Waals surface area contributed by atoms with Gasteiger partial charge in [0.2, 0.25) is 0 Å². The van der Waals surface area contributed by atoms with Crippen molar-refractivity contribution in [3.63, 3.8) is 0 Å². The van der Waals surface area contributed by atoms with Gasteiger partial charge in [-0.05, 0) is 44.2 Å². The van der Waals surface area contributed by atoms with Crippen LogP contribution in [0.15, 0.2) is 10.8 Å². The molecule has 0 aromatic carbocycles. The molecule has 4 heterocycles. The molecule has 0 amide bonds. The molecule has 2 aromatic rings. The van der Waals surface area contributed by atoms with Gasteiger partial charge in [-0.1, -0.05) is 0 Å². The van der Waals surface area contributed by atoms with E-state index in [0.29, 0.717) is 45.2 Å². The minimum absolute atomic E-state index is 0.0253. The lowest BCUT2D eigenvalue weighted by Crippen LogP contribution is -2.37. The first-order valence-corrected chi connectivity index (χ1v) is 15.9. The molecule has 228 valence electrons. The molecule has 0 spiro atoms. The second-order valence-corrected chi connectivity index (χ2v) is 11.5. The molecule has 0 bridgehead atoms. The van der Waals surface area contributed by atoms with Crippen LogP contribution in [0.2, 0.25) is 0 Å². The Morgan fingerprint density at radius 2 is 1.24 bits per heavy atom. The minimum atomic E-state index is -0.409. The highest BCUT2D eigenvalue weighted by Crippen LogP contribution is 2.25. The number of thiophene rings is 2. The molecule has 4 rings (SSSR count). The molecule has 0 N–H and O–H groups in total. The van der Waals surface area contributed by atoms with Gasteiger partial charge in [0.25, 0.3) is 0 Å². The van der Waals surface area contributed by atoms with Gasteiger partial charge >= 0.3 is 11.9 Å². The van der Waals surface area contributed by atoms with Crippen LogP contribution in [0.5, 0.6) is 0 Å². The van der Waals surface area contributed by atoms with Gasteiger partial charge in [-0.15, -0.1) is 34.3 Å². The average molecular weight is 630 g/mol. The van der Waals surface area contributed by atoms with Crippen molar-refractivity contribution in [2.75, 3.05) is 66.2 Å². The second kappa shape index (κ2) is 19.1. The summed E-state index contributed by atoms with van der Waals surface area (Å²) in [5.74, 6) is -0.430. The van der Waals surface area contributed by atoms with Gasteiger partial charge in [0.15, 0.2) is 11.6 Å². The van der Waals surface area contributed by atoms with Crippen molar-refractivity contribution in [3.05, 3.63) is 42.8 Å². The summed E-state index contributed by atoms with van der Waals surface area (Å²) in [4.78, 5) is 50.1. The Labute approximate surface area is 255 Å². The van der Waals surface area contributed by atoms with Crippen LogP contribution in [0.3, 0.4) is 0 Å². The van der Waals surface area contributed by atoms with Crippen molar-refractivity contribution < 1.29 is 38.1 Å². The number of ether oxygens (including phenoxy) is 4. The summed E-state index contributed by atoms with van der Waals surface area (Å²) in [5, 5.41) is 3.34. The highest BCUT2D eigenvalue weighted by molar-refractivity contribution is 7.13. The van der Waals surface area contributed by atoms with Crippen molar-refractivity contribution in [2.24, 2.45) is 0 Å². The van der Waals surface area contributed by atoms with Gasteiger partial charge in [0.05, 0.1) is 48.3 Å². The topological polar surface area (TPSA) is 108 Å². The summed E-state index contributed by atoms with van der Waals surface area (Å²) in [6, 6.07) is 0. The lowest BCUT2D eigenvalue weighted by Gasteiger charge is -2.26. The van der Waals surface area contributed by atoms with E-state index in [4.69, 9.17) is 25.8 Å². The molecule has 2 aromatic heterocycles. The van der Waals surface area contributed by atoms with Crippen molar-refractivity contribution in [1.29, 1.82) is 0 Å². The van der Waals surface area contributed by atoms with E-state index in [1.54, 1.807) is 24.6 Å². The number of carbonyl (C=O) groups excluding carboxylic acids is 4. The number of esters is 2. The van der Waals surface area contributed by atoms with Crippen molar-refractivity contribution in [3.8, 4) is 0 Å². The summed E-state index contributed by atoms with van der Waals surface area (Å²) in [5.41, 5.74) is 2.36. The first-order valence-electron chi connectivity index (χ1n) is 13.6. The van der Waals surface area contributed by atoms with Gasteiger partial charge in [0, 0.05) is 62.3 Å². The second-order valence-electron chi connectivity index (χ2n) is 9.35. The molecule has 2 saturated heterocycles. The van der Waals surface area contributed by atoms with Crippen LogP contribution >= 0.6 is 34.3 Å². The highest BCUT2D eigenvalue weighted by Gasteiger charge is 2.21. The summed E-state index contributed by atoms with van der Waals surface area (Å²) in [7, 11) is 2.67. The first kappa shape index (κ1) is 35.0. The van der Waals surface area contributed by atoms with Gasteiger partial charge in [0.1, 0.15) is 0 Å². The van der Waals surface area contributed by atoms with Gasteiger partial charge in [-0.2, -0.15) is 0 Å². The van der Waals surface area contributed by atoms with E-state index in [2.05, 4.69) is 9.64 Å². The maximum absolute atomic E-state index is 12.2. The molecule has 0 unspecified atom stereocenters. The largest absolute Gasteiger partial charge is 0.465 e. The van der Waals surface area contributed by atoms with Crippen LogP contribution in [-0.2, 0) is 18.9 Å². The molecule has 12 heteroatoms. The molecular formula is C29H40ClNO8S2. The molecule has 2 fully saturated rings. The van der Waals surface area contributed by atoms with E-state index < -0.39 is 5.97 Å². The van der Waals surface area contributed by atoms with E-state index in [1.807, 2.05) is 0 Å².